The highest BCUT2D eigenvalue weighted by Gasteiger charge is 2.29. The van der Waals surface area contributed by atoms with Crippen molar-refractivity contribution in [3.8, 4) is 5.75 Å². The van der Waals surface area contributed by atoms with E-state index in [4.69, 9.17) is 4.74 Å². The van der Waals surface area contributed by atoms with Crippen molar-refractivity contribution in [3.63, 3.8) is 0 Å². The van der Waals surface area contributed by atoms with Gasteiger partial charge in [0.1, 0.15) is 9.96 Å². The van der Waals surface area contributed by atoms with Crippen LogP contribution in [0.4, 0.5) is 0 Å². The predicted octanol–water partition coefficient (Wildman–Crippen LogP) is 2.50. The maximum atomic E-state index is 12.5. The Bertz CT molecular complexity index is 708. The maximum absolute atomic E-state index is 12.5. The first kappa shape index (κ1) is 13.6. The fourth-order valence-electron chi connectivity index (χ4n) is 2.37. The van der Waals surface area contributed by atoms with Crippen LogP contribution in [-0.4, -0.2) is 26.4 Å². The summed E-state index contributed by atoms with van der Waals surface area (Å²) in [6.45, 7) is 0.944. The average molecular weight is 309 g/mol. The second-order valence-corrected chi connectivity index (χ2v) is 7.77. The van der Waals surface area contributed by atoms with Gasteiger partial charge in [0.05, 0.1) is 7.11 Å². The number of hydrogen-bond donors (Lipinski definition) is 0. The number of nitrogens with zero attached hydrogens (tertiary/aromatic N) is 1. The summed E-state index contributed by atoms with van der Waals surface area (Å²) in [7, 11) is -1.72. The Morgan fingerprint density at radius 3 is 2.80 bits per heavy atom. The van der Waals surface area contributed by atoms with E-state index < -0.39 is 10.0 Å². The molecule has 2 heterocycles. The second kappa shape index (κ2) is 5.20. The molecule has 1 aliphatic heterocycles. The number of rotatable bonds is 3. The molecular formula is C14H15NO3S2. The van der Waals surface area contributed by atoms with Gasteiger partial charge in [0.15, 0.2) is 0 Å². The first-order valence-corrected chi connectivity index (χ1v) is 8.62. The Kier molecular flexibility index (Phi) is 3.54. The molecule has 4 nitrogen and oxygen atoms in total. The molecule has 106 valence electrons. The number of fused-ring (bicyclic) bond motifs is 1. The molecule has 0 saturated heterocycles. The van der Waals surface area contributed by atoms with Gasteiger partial charge in [-0.2, -0.15) is 4.31 Å². The van der Waals surface area contributed by atoms with Crippen LogP contribution in [0.5, 0.6) is 5.75 Å². The van der Waals surface area contributed by atoms with Crippen LogP contribution in [0.2, 0.25) is 0 Å². The molecule has 0 N–H and O–H groups in total. The molecule has 0 radical (unpaired) electrons. The lowest BCUT2D eigenvalue weighted by molar-refractivity contribution is 0.387. The van der Waals surface area contributed by atoms with Crippen molar-refractivity contribution in [2.24, 2.45) is 0 Å². The van der Waals surface area contributed by atoms with Gasteiger partial charge in [0.25, 0.3) is 10.0 Å². The molecule has 1 aromatic heterocycles. The molecular weight excluding hydrogens is 294 g/mol. The molecule has 6 heteroatoms. The summed E-state index contributed by atoms with van der Waals surface area (Å²) < 4.78 is 32.1. The number of thiophene rings is 1. The summed E-state index contributed by atoms with van der Waals surface area (Å²) in [6, 6.07) is 9.23. The monoisotopic (exact) mass is 309 g/mol. The second-order valence-electron chi connectivity index (χ2n) is 4.66. The maximum Gasteiger partial charge on any atom is 0.252 e. The molecule has 1 aromatic carbocycles. The van der Waals surface area contributed by atoms with Crippen molar-refractivity contribution in [3.05, 3.63) is 46.8 Å². The minimum Gasteiger partial charge on any atom is -0.497 e. The molecule has 20 heavy (non-hydrogen) atoms. The van der Waals surface area contributed by atoms with Crippen molar-refractivity contribution in [2.45, 2.75) is 17.2 Å². The fraction of sp³-hybridized carbons (Fsp3) is 0.286. The van der Waals surface area contributed by atoms with E-state index in [1.165, 1.54) is 16.9 Å². The van der Waals surface area contributed by atoms with E-state index in [1.807, 2.05) is 18.2 Å². The summed E-state index contributed by atoms with van der Waals surface area (Å²) >= 11 is 1.26. The summed E-state index contributed by atoms with van der Waals surface area (Å²) in [5.41, 5.74) is 2.22. The van der Waals surface area contributed by atoms with Gasteiger partial charge in [0, 0.05) is 13.1 Å². The Hall–Kier alpha value is -1.37. The molecule has 0 aliphatic carbocycles. The van der Waals surface area contributed by atoms with Crippen LogP contribution in [0.15, 0.2) is 39.9 Å². The molecule has 0 fully saturated rings. The summed E-state index contributed by atoms with van der Waals surface area (Å²) in [6.07, 6.45) is 0.719. The lowest BCUT2D eigenvalue weighted by Gasteiger charge is -2.27. The third kappa shape index (κ3) is 2.34. The van der Waals surface area contributed by atoms with Gasteiger partial charge >= 0.3 is 0 Å². The topological polar surface area (TPSA) is 46.6 Å². The Morgan fingerprint density at radius 1 is 1.25 bits per heavy atom. The minimum absolute atomic E-state index is 0.412. The molecule has 0 atom stereocenters. The van der Waals surface area contributed by atoms with E-state index >= 15 is 0 Å². The zero-order valence-electron chi connectivity index (χ0n) is 11.1. The van der Waals surface area contributed by atoms with E-state index in [0.717, 1.165) is 17.7 Å². The van der Waals surface area contributed by atoms with Crippen molar-refractivity contribution < 1.29 is 13.2 Å². The van der Waals surface area contributed by atoms with Gasteiger partial charge in [0.2, 0.25) is 0 Å². The van der Waals surface area contributed by atoms with Crippen LogP contribution in [0, 0.1) is 0 Å². The Labute approximate surface area is 122 Å². The van der Waals surface area contributed by atoms with Gasteiger partial charge in [-0.3, -0.25) is 0 Å². The molecule has 0 amide bonds. The van der Waals surface area contributed by atoms with Crippen molar-refractivity contribution in [1.82, 2.24) is 4.31 Å². The van der Waals surface area contributed by atoms with E-state index in [1.54, 1.807) is 28.9 Å². The number of sulfonamides is 1. The first-order chi connectivity index (χ1) is 9.61. The smallest absolute Gasteiger partial charge is 0.252 e. The van der Waals surface area contributed by atoms with E-state index in [9.17, 15) is 8.42 Å². The fourth-order valence-corrected chi connectivity index (χ4v) is 4.94. The average Bonchev–Trinajstić information content (AvgIpc) is 3.01. The highest BCUT2D eigenvalue weighted by Crippen LogP contribution is 2.28. The highest BCUT2D eigenvalue weighted by atomic mass is 32.2. The summed E-state index contributed by atoms with van der Waals surface area (Å²) in [5.74, 6) is 0.818. The Balaban J connectivity index is 1.89. The van der Waals surface area contributed by atoms with Crippen molar-refractivity contribution in [2.75, 3.05) is 13.7 Å². The molecule has 1 aliphatic rings. The molecule has 3 rings (SSSR count). The van der Waals surface area contributed by atoms with Crippen LogP contribution in [0.3, 0.4) is 0 Å². The molecule has 0 spiro atoms. The lowest BCUT2D eigenvalue weighted by Crippen LogP contribution is -2.35. The highest BCUT2D eigenvalue weighted by molar-refractivity contribution is 7.91. The minimum atomic E-state index is -3.36. The van der Waals surface area contributed by atoms with Crippen LogP contribution >= 0.6 is 11.3 Å². The normalized spacial score (nSPS) is 15.8. The van der Waals surface area contributed by atoms with Gasteiger partial charge in [-0.15, -0.1) is 11.3 Å². The molecule has 2 aromatic rings. The van der Waals surface area contributed by atoms with Gasteiger partial charge < -0.3 is 4.74 Å². The van der Waals surface area contributed by atoms with Crippen molar-refractivity contribution >= 4 is 21.4 Å². The van der Waals surface area contributed by atoms with E-state index in [0.29, 0.717) is 17.3 Å². The number of methoxy groups -OCH3 is 1. The summed E-state index contributed by atoms with van der Waals surface area (Å²) in [5, 5.41) is 1.79. The zero-order valence-corrected chi connectivity index (χ0v) is 12.7. The largest absolute Gasteiger partial charge is 0.497 e. The molecule has 0 bridgehead atoms. The SMILES string of the molecule is COc1ccc2c(c1)CCN(S(=O)(=O)c1cccs1)C2. The quantitative estimate of drug-likeness (QED) is 0.875. The first-order valence-electron chi connectivity index (χ1n) is 6.31. The van der Waals surface area contributed by atoms with E-state index in [-0.39, 0.29) is 0 Å². The predicted molar refractivity (Wildman–Crippen MR) is 78.6 cm³/mol. The van der Waals surface area contributed by atoms with Gasteiger partial charge in [-0.25, -0.2) is 8.42 Å². The molecule has 0 unspecified atom stereocenters. The van der Waals surface area contributed by atoms with Gasteiger partial charge in [-0.1, -0.05) is 12.1 Å². The number of ether oxygens (including phenoxy) is 1. The van der Waals surface area contributed by atoms with Crippen molar-refractivity contribution in [1.29, 1.82) is 0 Å². The Morgan fingerprint density at radius 2 is 2.10 bits per heavy atom. The standard InChI is InChI=1S/C14H15NO3S2/c1-18-13-5-4-12-10-15(7-6-11(12)9-13)20(16,17)14-3-2-8-19-14/h2-5,8-9H,6-7,10H2,1H3. The summed E-state index contributed by atoms with van der Waals surface area (Å²) in [4.78, 5) is 0. The zero-order chi connectivity index (χ0) is 14.2. The third-order valence-corrected chi connectivity index (χ3v) is 6.70. The third-order valence-electron chi connectivity index (χ3n) is 3.48. The van der Waals surface area contributed by atoms with Gasteiger partial charge in [-0.05, 0) is 41.1 Å². The van der Waals surface area contributed by atoms with Crippen LogP contribution in [0.25, 0.3) is 0 Å². The van der Waals surface area contributed by atoms with Crippen LogP contribution in [-0.2, 0) is 23.0 Å². The van der Waals surface area contributed by atoms with Crippen LogP contribution < -0.4 is 4.74 Å². The number of benzene rings is 1. The van der Waals surface area contributed by atoms with Crippen LogP contribution in [0.1, 0.15) is 11.1 Å². The molecule has 0 saturated carbocycles. The van der Waals surface area contributed by atoms with E-state index in [2.05, 4.69) is 0 Å². The lowest BCUT2D eigenvalue weighted by atomic mass is 10.0. The number of hydrogen-bond acceptors (Lipinski definition) is 4.